The molecule has 0 unspecified atom stereocenters. The summed E-state index contributed by atoms with van der Waals surface area (Å²) in [5, 5.41) is 3.19. The Morgan fingerprint density at radius 2 is 1.51 bits per heavy atom. The second kappa shape index (κ2) is 14.7. The van der Waals surface area contributed by atoms with E-state index in [1.54, 1.807) is 41.3 Å². The van der Waals surface area contributed by atoms with Crippen LogP contribution in [0.1, 0.15) is 81.9 Å². The summed E-state index contributed by atoms with van der Waals surface area (Å²) in [4.78, 5) is 29.6. The fourth-order valence-corrected chi connectivity index (χ4v) is 7.05. The summed E-state index contributed by atoms with van der Waals surface area (Å²) >= 11 is 0. The fraction of sp³-hybridized carbons (Fsp3) is 0.429. The molecule has 0 spiro atoms. The standard InChI is InChI=1S/C35H45N3O4S/c1-5-33(35(40)36-30-14-10-7-11-15-30)37(24-28-12-8-6-9-13-28)34(39)25-38(31-20-18-29(19-21-31)26(2)3)43(41,42)32-22-16-27(4)17-23-32/h6,8-9,12-13,16-23,26,30,33H,5,7,10-11,14-15,24-25H2,1-4H3,(H,36,40)/t33-/m1/s1. The number of hydrogen-bond donors (Lipinski definition) is 1. The summed E-state index contributed by atoms with van der Waals surface area (Å²) in [6.45, 7) is 7.70. The predicted octanol–water partition coefficient (Wildman–Crippen LogP) is 6.57. The number of hydrogen-bond acceptors (Lipinski definition) is 4. The zero-order chi connectivity index (χ0) is 31.0. The van der Waals surface area contributed by atoms with Gasteiger partial charge < -0.3 is 10.2 Å². The molecule has 0 heterocycles. The molecule has 1 N–H and O–H groups in total. The first-order valence-corrected chi connectivity index (χ1v) is 16.9. The van der Waals surface area contributed by atoms with E-state index in [2.05, 4.69) is 19.2 Å². The molecule has 3 aromatic carbocycles. The molecule has 0 saturated heterocycles. The molecular formula is C35H45N3O4S. The molecule has 8 heteroatoms. The van der Waals surface area contributed by atoms with Gasteiger partial charge in [0, 0.05) is 12.6 Å². The van der Waals surface area contributed by atoms with Crippen LogP contribution in [0.15, 0.2) is 83.8 Å². The van der Waals surface area contributed by atoms with Gasteiger partial charge in [0.15, 0.2) is 0 Å². The SMILES string of the molecule is CC[C@H](C(=O)NC1CCCCC1)N(Cc1ccccc1)C(=O)CN(c1ccc(C(C)C)cc1)S(=O)(=O)c1ccc(C)cc1. The molecule has 0 bridgehead atoms. The second-order valence-corrected chi connectivity index (χ2v) is 13.7. The van der Waals surface area contributed by atoms with Crippen LogP contribution in [0.25, 0.3) is 0 Å². The molecule has 0 radical (unpaired) electrons. The van der Waals surface area contributed by atoms with Gasteiger partial charge in [-0.05, 0) is 67.5 Å². The number of rotatable bonds is 12. The third-order valence-electron chi connectivity index (χ3n) is 8.27. The normalized spacial score (nSPS) is 14.7. The van der Waals surface area contributed by atoms with Crippen molar-refractivity contribution in [2.75, 3.05) is 10.8 Å². The Hall–Kier alpha value is -3.65. The van der Waals surface area contributed by atoms with Crippen LogP contribution < -0.4 is 9.62 Å². The van der Waals surface area contributed by atoms with E-state index in [1.165, 1.54) is 10.7 Å². The first kappa shape index (κ1) is 32.3. The molecule has 1 fully saturated rings. The Labute approximate surface area is 257 Å². The van der Waals surface area contributed by atoms with Gasteiger partial charge in [0.1, 0.15) is 12.6 Å². The van der Waals surface area contributed by atoms with Crippen LogP contribution in [0.5, 0.6) is 0 Å². The Balaban J connectivity index is 1.70. The van der Waals surface area contributed by atoms with Crippen LogP contribution in [0, 0.1) is 6.92 Å². The molecule has 1 atom stereocenters. The van der Waals surface area contributed by atoms with Crippen molar-refractivity contribution in [3.63, 3.8) is 0 Å². The lowest BCUT2D eigenvalue weighted by atomic mass is 9.95. The highest BCUT2D eigenvalue weighted by atomic mass is 32.2. The van der Waals surface area contributed by atoms with Crippen LogP contribution in [-0.2, 0) is 26.2 Å². The van der Waals surface area contributed by atoms with E-state index in [-0.39, 0.29) is 29.3 Å². The number of anilines is 1. The van der Waals surface area contributed by atoms with E-state index in [0.717, 1.165) is 42.4 Å². The fourth-order valence-electron chi connectivity index (χ4n) is 5.64. The van der Waals surface area contributed by atoms with E-state index in [9.17, 15) is 18.0 Å². The summed E-state index contributed by atoms with van der Waals surface area (Å²) < 4.78 is 29.4. The summed E-state index contributed by atoms with van der Waals surface area (Å²) in [7, 11) is -4.10. The highest BCUT2D eigenvalue weighted by Gasteiger charge is 2.34. The van der Waals surface area contributed by atoms with Crippen molar-refractivity contribution < 1.29 is 18.0 Å². The van der Waals surface area contributed by atoms with Crippen LogP contribution >= 0.6 is 0 Å². The Kier molecular flexibility index (Phi) is 11.0. The summed E-state index contributed by atoms with van der Waals surface area (Å²) in [6.07, 6.45) is 5.61. The van der Waals surface area contributed by atoms with Gasteiger partial charge in [0.25, 0.3) is 10.0 Å². The zero-order valence-electron chi connectivity index (χ0n) is 25.8. The molecule has 2 amide bonds. The quantitative estimate of drug-likeness (QED) is 0.254. The minimum atomic E-state index is -4.10. The van der Waals surface area contributed by atoms with Gasteiger partial charge in [-0.2, -0.15) is 0 Å². The van der Waals surface area contributed by atoms with Gasteiger partial charge in [-0.1, -0.05) is 100 Å². The lowest BCUT2D eigenvalue weighted by molar-refractivity contribution is -0.140. The van der Waals surface area contributed by atoms with Gasteiger partial charge in [0.05, 0.1) is 10.6 Å². The average molecular weight is 604 g/mol. The number of aryl methyl sites for hydroxylation is 1. The van der Waals surface area contributed by atoms with Crippen molar-refractivity contribution >= 4 is 27.5 Å². The van der Waals surface area contributed by atoms with Gasteiger partial charge in [-0.25, -0.2) is 8.42 Å². The van der Waals surface area contributed by atoms with Crippen molar-refractivity contribution in [2.24, 2.45) is 0 Å². The first-order valence-electron chi connectivity index (χ1n) is 15.4. The van der Waals surface area contributed by atoms with E-state index in [0.29, 0.717) is 12.1 Å². The molecule has 3 aromatic rings. The molecule has 1 saturated carbocycles. The molecule has 4 rings (SSSR count). The van der Waals surface area contributed by atoms with E-state index >= 15 is 0 Å². The van der Waals surface area contributed by atoms with Crippen molar-refractivity contribution in [3.8, 4) is 0 Å². The molecule has 0 aliphatic heterocycles. The topological polar surface area (TPSA) is 86.8 Å². The third-order valence-corrected chi connectivity index (χ3v) is 10.1. The smallest absolute Gasteiger partial charge is 0.264 e. The van der Waals surface area contributed by atoms with Gasteiger partial charge in [-0.3, -0.25) is 13.9 Å². The van der Waals surface area contributed by atoms with Gasteiger partial charge in [-0.15, -0.1) is 0 Å². The first-order chi connectivity index (χ1) is 20.6. The molecular weight excluding hydrogens is 558 g/mol. The monoisotopic (exact) mass is 603 g/mol. The minimum Gasteiger partial charge on any atom is -0.352 e. The number of nitrogens with zero attached hydrogens (tertiary/aromatic N) is 2. The number of sulfonamides is 1. The largest absolute Gasteiger partial charge is 0.352 e. The molecule has 1 aliphatic carbocycles. The number of amides is 2. The van der Waals surface area contributed by atoms with Crippen molar-refractivity contribution in [1.29, 1.82) is 0 Å². The highest BCUT2D eigenvalue weighted by molar-refractivity contribution is 7.92. The van der Waals surface area contributed by atoms with Crippen molar-refractivity contribution in [3.05, 3.63) is 95.6 Å². The number of carbonyl (C=O) groups excluding carboxylic acids is 2. The van der Waals surface area contributed by atoms with Crippen LogP contribution in [-0.4, -0.2) is 43.8 Å². The van der Waals surface area contributed by atoms with Gasteiger partial charge >= 0.3 is 0 Å². The molecule has 43 heavy (non-hydrogen) atoms. The van der Waals surface area contributed by atoms with Crippen LogP contribution in [0.4, 0.5) is 5.69 Å². The highest BCUT2D eigenvalue weighted by Crippen LogP contribution is 2.27. The van der Waals surface area contributed by atoms with Crippen LogP contribution in [0.2, 0.25) is 0 Å². The maximum atomic E-state index is 14.3. The molecule has 230 valence electrons. The maximum absolute atomic E-state index is 14.3. The minimum absolute atomic E-state index is 0.0989. The molecule has 7 nitrogen and oxygen atoms in total. The number of carbonyl (C=O) groups is 2. The average Bonchev–Trinajstić information content (AvgIpc) is 3.01. The zero-order valence-corrected chi connectivity index (χ0v) is 26.6. The summed E-state index contributed by atoms with van der Waals surface area (Å²) in [5.74, 6) is -0.349. The molecule has 1 aliphatic rings. The van der Waals surface area contributed by atoms with E-state index in [1.807, 2.05) is 56.3 Å². The second-order valence-electron chi connectivity index (χ2n) is 11.8. The lowest BCUT2D eigenvalue weighted by Crippen LogP contribution is -2.54. The van der Waals surface area contributed by atoms with E-state index < -0.39 is 28.5 Å². The lowest BCUT2D eigenvalue weighted by Gasteiger charge is -2.34. The Bertz CT molecular complexity index is 1450. The third kappa shape index (κ3) is 8.25. The molecule has 0 aromatic heterocycles. The maximum Gasteiger partial charge on any atom is 0.264 e. The number of benzene rings is 3. The van der Waals surface area contributed by atoms with Gasteiger partial charge in [0.2, 0.25) is 11.8 Å². The predicted molar refractivity (Wildman–Crippen MR) is 172 cm³/mol. The Morgan fingerprint density at radius 3 is 2.09 bits per heavy atom. The van der Waals surface area contributed by atoms with Crippen molar-refractivity contribution in [2.45, 2.75) is 95.7 Å². The Morgan fingerprint density at radius 1 is 0.884 bits per heavy atom. The number of nitrogens with one attached hydrogen (secondary N) is 1. The summed E-state index contributed by atoms with van der Waals surface area (Å²) in [6, 6.07) is 22.8. The van der Waals surface area contributed by atoms with Crippen molar-refractivity contribution in [1.82, 2.24) is 10.2 Å². The van der Waals surface area contributed by atoms with Crippen LogP contribution in [0.3, 0.4) is 0 Å². The summed E-state index contributed by atoms with van der Waals surface area (Å²) in [5.41, 5.74) is 3.28. The van der Waals surface area contributed by atoms with E-state index in [4.69, 9.17) is 0 Å².